The first-order valence-corrected chi connectivity index (χ1v) is 5.90. The molecule has 3 nitrogen and oxygen atoms in total. The number of para-hydroxylation sites is 1. The number of nitrogens with two attached hydrogens (primary N) is 1. The molecule has 2 N–H and O–H groups in total. The summed E-state index contributed by atoms with van der Waals surface area (Å²) in [5.41, 5.74) is 7.78. The third-order valence-electron chi connectivity index (χ3n) is 2.26. The van der Waals surface area contributed by atoms with Crippen LogP contribution in [0.2, 0.25) is 5.02 Å². The van der Waals surface area contributed by atoms with E-state index in [0.29, 0.717) is 27.7 Å². The molecule has 16 heavy (non-hydrogen) atoms. The molecule has 2 aromatic heterocycles. The van der Waals surface area contributed by atoms with Gasteiger partial charge in [0, 0.05) is 0 Å². The molecule has 3 aromatic rings. The van der Waals surface area contributed by atoms with Gasteiger partial charge in [-0.1, -0.05) is 17.7 Å². The summed E-state index contributed by atoms with van der Waals surface area (Å²) in [7, 11) is 0. The molecule has 0 bridgehead atoms. The number of nitrogen functional groups attached to an aromatic ring is 1. The third-order valence-corrected chi connectivity index (χ3v) is 3.59. The molecule has 0 aliphatic carbocycles. The summed E-state index contributed by atoms with van der Waals surface area (Å²) in [5.74, 6) is 0.521. The Labute approximate surface area is 100 Å². The lowest BCUT2D eigenvalue weighted by Gasteiger charge is -1.89. The Hall–Kier alpha value is -1.52. The van der Waals surface area contributed by atoms with Gasteiger partial charge in [0.15, 0.2) is 5.58 Å². The van der Waals surface area contributed by atoms with E-state index >= 15 is 0 Å². The average molecular weight is 251 g/mol. The average Bonchev–Trinajstić information content (AvgIpc) is 2.84. The van der Waals surface area contributed by atoms with E-state index in [1.807, 2.05) is 23.6 Å². The number of oxazole rings is 1. The molecular formula is C11H7ClN2OS. The maximum atomic E-state index is 6.02. The highest BCUT2D eigenvalue weighted by molar-refractivity contribution is 7.14. The normalized spacial score (nSPS) is 11.1. The lowest BCUT2D eigenvalue weighted by atomic mass is 10.3. The van der Waals surface area contributed by atoms with Gasteiger partial charge >= 0.3 is 0 Å². The number of rotatable bonds is 1. The quantitative estimate of drug-likeness (QED) is 0.669. The van der Waals surface area contributed by atoms with Crippen LogP contribution in [0.4, 0.5) is 5.69 Å². The van der Waals surface area contributed by atoms with Crippen LogP contribution in [0, 0.1) is 0 Å². The summed E-state index contributed by atoms with van der Waals surface area (Å²) in [6, 6.07) is 7.29. The van der Waals surface area contributed by atoms with Crippen molar-refractivity contribution in [2.24, 2.45) is 0 Å². The van der Waals surface area contributed by atoms with Crippen molar-refractivity contribution in [1.29, 1.82) is 0 Å². The Morgan fingerprint density at radius 2 is 2.19 bits per heavy atom. The standard InChI is InChI=1S/C11H7ClN2OS/c12-6-4-5-16-10(6)11-14-9-7(13)2-1-3-8(9)15-11/h1-5H,13H2. The molecule has 80 valence electrons. The second-order valence-corrected chi connectivity index (χ2v) is 4.63. The van der Waals surface area contributed by atoms with Crippen molar-refractivity contribution in [2.45, 2.75) is 0 Å². The van der Waals surface area contributed by atoms with Crippen molar-refractivity contribution in [3.63, 3.8) is 0 Å². The van der Waals surface area contributed by atoms with Gasteiger partial charge in [0.25, 0.3) is 0 Å². The number of nitrogens with zero attached hydrogens (tertiary/aromatic N) is 1. The van der Waals surface area contributed by atoms with E-state index in [1.54, 1.807) is 6.07 Å². The molecule has 5 heteroatoms. The minimum absolute atomic E-state index is 0.521. The summed E-state index contributed by atoms with van der Waals surface area (Å²) in [6.07, 6.45) is 0. The van der Waals surface area contributed by atoms with Gasteiger partial charge in [0.1, 0.15) is 10.4 Å². The highest BCUT2D eigenvalue weighted by Gasteiger charge is 2.13. The van der Waals surface area contributed by atoms with Gasteiger partial charge in [-0.25, -0.2) is 4.98 Å². The minimum atomic E-state index is 0.521. The van der Waals surface area contributed by atoms with Crippen LogP contribution < -0.4 is 5.73 Å². The SMILES string of the molecule is Nc1cccc2oc(-c3sccc3Cl)nc12. The molecule has 0 saturated heterocycles. The number of anilines is 1. The van der Waals surface area contributed by atoms with Crippen molar-refractivity contribution in [2.75, 3.05) is 5.73 Å². The first kappa shape index (κ1) is 9.69. The monoisotopic (exact) mass is 250 g/mol. The van der Waals surface area contributed by atoms with Crippen molar-refractivity contribution in [1.82, 2.24) is 4.98 Å². The van der Waals surface area contributed by atoms with Crippen LogP contribution in [0.1, 0.15) is 0 Å². The highest BCUT2D eigenvalue weighted by Crippen LogP contribution is 2.35. The van der Waals surface area contributed by atoms with E-state index in [4.69, 9.17) is 21.8 Å². The summed E-state index contributed by atoms with van der Waals surface area (Å²) < 4.78 is 5.61. The van der Waals surface area contributed by atoms with Crippen LogP contribution in [-0.4, -0.2) is 4.98 Å². The molecule has 0 radical (unpaired) electrons. The zero-order valence-electron chi connectivity index (χ0n) is 8.11. The fraction of sp³-hybridized carbons (Fsp3) is 0. The predicted molar refractivity (Wildman–Crippen MR) is 66.7 cm³/mol. The predicted octanol–water partition coefficient (Wildman–Crippen LogP) is 3.79. The van der Waals surface area contributed by atoms with Gasteiger partial charge in [-0.2, -0.15) is 0 Å². The molecule has 0 unspecified atom stereocenters. The van der Waals surface area contributed by atoms with Crippen molar-refractivity contribution >= 4 is 39.7 Å². The van der Waals surface area contributed by atoms with Crippen molar-refractivity contribution in [3.8, 4) is 10.8 Å². The molecule has 3 rings (SSSR count). The summed E-state index contributed by atoms with van der Waals surface area (Å²) in [5, 5.41) is 2.55. The molecule has 0 spiro atoms. The fourth-order valence-electron chi connectivity index (χ4n) is 1.51. The first-order valence-electron chi connectivity index (χ1n) is 4.64. The van der Waals surface area contributed by atoms with Gasteiger partial charge in [-0.05, 0) is 23.6 Å². The number of hydrogen-bond donors (Lipinski definition) is 1. The Morgan fingerprint density at radius 3 is 2.88 bits per heavy atom. The molecule has 0 fully saturated rings. The zero-order chi connectivity index (χ0) is 11.1. The lowest BCUT2D eigenvalue weighted by molar-refractivity contribution is 0.622. The van der Waals surface area contributed by atoms with Gasteiger partial charge in [0.2, 0.25) is 5.89 Å². The van der Waals surface area contributed by atoms with Crippen LogP contribution in [0.25, 0.3) is 21.9 Å². The van der Waals surface area contributed by atoms with Crippen molar-refractivity contribution < 1.29 is 4.42 Å². The fourth-order valence-corrected chi connectivity index (χ4v) is 2.57. The smallest absolute Gasteiger partial charge is 0.239 e. The van der Waals surface area contributed by atoms with E-state index in [-0.39, 0.29) is 0 Å². The Bertz CT molecular complexity index is 659. The van der Waals surface area contributed by atoms with Crippen LogP contribution in [0.15, 0.2) is 34.1 Å². The highest BCUT2D eigenvalue weighted by atomic mass is 35.5. The lowest BCUT2D eigenvalue weighted by Crippen LogP contribution is -1.84. The molecule has 0 aliphatic heterocycles. The Morgan fingerprint density at radius 1 is 1.31 bits per heavy atom. The molecular weight excluding hydrogens is 244 g/mol. The second kappa shape index (κ2) is 3.50. The van der Waals surface area contributed by atoms with E-state index in [9.17, 15) is 0 Å². The van der Waals surface area contributed by atoms with Gasteiger partial charge in [-0.3, -0.25) is 0 Å². The first-order chi connectivity index (χ1) is 7.75. The number of halogens is 1. The number of fused-ring (bicyclic) bond motifs is 1. The van der Waals surface area contributed by atoms with Crippen LogP contribution >= 0.6 is 22.9 Å². The van der Waals surface area contributed by atoms with Crippen LogP contribution in [0.3, 0.4) is 0 Å². The summed E-state index contributed by atoms with van der Waals surface area (Å²) >= 11 is 7.52. The van der Waals surface area contributed by atoms with E-state index < -0.39 is 0 Å². The molecule has 2 heterocycles. The largest absolute Gasteiger partial charge is 0.435 e. The Kier molecular flexibility index (Phi) is 2.12. The van der Waals surface area contributed by atoms with Crippen molar-refractivity contribution in [3.05, 3.63) is 34.7 Å². The minimum Gasteiger partial charge on any atom is -0.435 e. The molecule has 0 aliphatic rings. The number of aromatic nitrogens is 1. The topological polar surface area (TPSA) is 52.0 Å². The number of thiophene rings is 1. The number of hydrogen-bond acceptors (Lipinski definition) is 4. The van der Waals surface area contributed by atoms with Crippen LogP contribution in [-0.2, 0) is 0 Å². The maximum absolute atomic E-state index is 6.02. The summed E-state index contributed by atoms with van der Waals surface area (Å²) in [6.45, 7) is 0. The molecule has 0 atom stereocenters. The number of benzene rings is 1. The molecule has 0 amide bonds. The molecule has 1 aromatic carbocycles. The van der Waals surface area contributed by atoms with E-state index in [1.165, 1.54) is 11.3 Å². The summed E-state index contributed by atoms with van der Waals surface area (Å²) in [4.78, 5) is 5.18. The van der Waals surface area contributed by atoms with E-state index in [2.05, 4.69) is 4.98 Å². The maximum Gasteiger partial charge on any atom is 0.239 e. The van der Waals surface area contributed by atoms with Gasteiger partial charge in [0.05, 0.1) is 10.7 Å². The third kappa shape index (κ3) is 1.38. The van der Waals surface area contributed by atoms with Gasteiger partial charge in [-0.15, -0.1) is 11.3 Å². The Balaban J connectivity index is 2.27. The van der Waals surface area contributed by atoms with Crippen LogP contribution in [0.5, 0.6) is 0 Å². The van der Waals surface area contributed by atoms with Gasteiger partial charge < -0.3 is 10.2 Å². The zero-order valence-corrected chi connectivity index (χ0v) is 9.68. The van der Waals surface area contributed by atoms with E-state index in [0.717, 1.165) is 4.88 Å². The second-order valence-electron chi connectivity index (χ2n) is 3.31. The molecule has 0 saturated carbocycles.